The fourth-order valence-corrected chi connectivity index (χ4v) is 2.99. The molecule has 96 valence electrons. The Morgan fingerprint density at radius 2 is 1.94 bits per heavy atom. The molecule has 1 atom stereocenters. The summed E-state index contributed by atoms with van der Waals surface area (Å²) in [6.45, 7) is 7.43. The van der Waals surface area contributed by atoms with Gasteiger partial charge in [0.2, 0.25) is 0 Å². The number of nitriles is 1. The van der Waals surface area contributed by atoms with Crippen molar-refractivity contribution in [2.45, 2.75) is 51.0 Å². The molecule has 0 spiro atoms. The zero-order chi connectivity index (χ0) is 13.2. The summed E-state index contributed by atoms with van der Waals surface area (Å²) in [5.74, 6) is 0. The smallest absolute Gasteiger partial charge is 0.0851 e. The van der Waals surface area contributed by atoms with Crippen LogP contribution in [0, 0.1) is 11.3 Å². The van der Waals surface area contributed by atoms with Gasteiger partial charge in [-0.1, -0.05) is 31.2 Å². The van der Waals surface area contributed by atoms with E-state index in [0.717, 1.165) is 25.8 Å². The fraction of sp³-hybridized carbons (Fsp3) is 0.562. The molecule has 0 radical (unpaired) electrons. The van der Waals surface area contributed by atoms with Gasteiger partial charge in [0.05, 0.1) is 11.5 Å². The van der Waals surface area contributed by atoms with Gasteiger partial charge in [0.25, 0.3) is 0 Å². The normalized spacial score (nSPS) is 26.6. The summed E-state index contributed by atoms with van der Waals surface area (Å²) in [5, 5.41) is 13.2. The van der Waals surface area contributed by atoms with E-state index in [4.69, 9.17) is 0 Å². The van der Waals surface area contributed by atoms with Crippen LogP contribution in [-0.4, -0.2) is 12.1 Å². The third-order valence-electron chi connectivity index (χ3n) is 4.03. The summed E-state index contributed by atoms with van der Waals surface area (Å²) in [7, 11) is 0. The molecule has 0 aliphatic carbocycles. The topological polar surface area (TPSA) is 35.8 Å². The van der Waals surface area contributed by atoms with Gasteiger partial charge in [-0.05, 0) is 50.8 Å². The molecule has 2 rings (SSSR count). The minimum atomic E-state index is -0.318. The molecule has 0 saturated carbocycles. The van der Waals surface area contributed by atoms with Crippen molar-refractivity contribution in [3.05, 3.63) is 35.4 Å². The number of hydrogen-bond acceptors (Lipinski definition) is 2. The fourth-order valence-electron chi connectivity index (χ4n) is 2.99. The third kappa shape index (κ3) is 2.42. The predicted octanol–water partition coefficient (Wildman–Crippen LogP) is 3.17. The standard InChI is InChI=1S/C16H22N2/c1-4-13-5-7-14(8-6-13)16(12-17)9-10-18-15(2,3)11-16/h5-8,18H,4,9-11H2,1-3H3. The zero-order valence-electron chi connectivity index (χ0n) is 11.6. The summed E-state index contributed by atoms with van der Waals surface area (Å²) in [6, 6.07) is 11.2. The molecule has 1 aromatic rings. The van der Waals surface area contributed by atoms with Crippen LogP contribution in [0.4, 0.5) is 0 Å². The maximum atomic E-state index is 9.68. The number of nitrogens with one attached hydrogen (secondary N) is 1. The Morgan fingerprint density at radius 3 is 2.44 bits per heavy atom. The van der Waals surface area contributed by atoms with Crippen LogP contribution in [0.3, 0.4) is 0 Å². The van der Waals surface area contributed by atoms with Gasteiger partial charge < -0.3 is 5.32 Å². The first-order valence-electron chi connectivity index (χ1n) is 6.77. The Labute approximate surface area is 110 Å². The molecule has 0 aromatic heterocycles. The van der Waals surface area contributed by atoms with Gasteiger partial charge in [0.1, 0.15) is 0 Å². The van der Waals surface area contributed by atoms with Crippen molar-refractivity contribution in [1.82, 2.24) is 5.32 Å². The highest BCUT2D eigenvalue weighted by Crippen LogP contribution is 2.38. The summed E-state index contributed by atoms with van der Waals surface area (Å²) < 4.78 is 0. The van der Waals surface area contributed by atoms with E-state index in [1.165, 1.54) is 11.1 Å². The molecule has 0 bridgehead atoms. The summed E-state index contributed by atoms with van der Waals surface area (Å²) in [6.07, 6.45) is 2.83. The Bertz CT molecular complexity index is 453. The van der Waals surface area contributed by atoms with Crippen molar-refractivity contribution in [2.75, 3.05) is 6.54 Å². The lowest BCUT2D eigenvalue weighted by Crippen LogP contribution is -2.52. The monoisotopic (exact) mass is 242 g/mol. The highest BCUT2D eigenvalue weighted by Gasteiger charge is 2.41. The molecule has 1 aromatic carbocycles. The minimum Gasteiger partial charge on any atom is -0.312 e. The van der Waals surface area contributed by atoms with Gasteiger partial charge in [-0.3, -0.25) is 0 Å². The van der Waals surface area contributed by atoms with Crippen molar-refractivity contribution in [1.29, 1.82) is 5.26 Å². The molecule has 0 amide bonds. The number of aryl methyl sites for hydroxylation is 1. The van der Waals surface area contributed by atoms with Crippen LogP contribution in [0.2, 0.25) is 0 Å². The van der Waals surface area contributed by atoms with E-state index in [9.17, 15) is 5.26 Å². The lowest BCUT2D eigenvalue weighted by Gasteiger charge is -2.42. The molecule has 1 saturated heterocycles. The van der Waals surface area contributed by atoms with Crippen LogP contribution in [-0.2, 0) is 11.8 Å². The first-order chi connectivity index (χ1) is 8.51. The second-order valence-electron chi connectivity index (χ2n) is 5.98. The highest BCUT2D eigenvalue weighted by atomic mass is 15.0. The maximum Gasteiger partial charge on any atom is 0.0851 e. The van der Waals surface area contributed by atoms with Crippen molar-refractivity contribution >= 4 is 0 Å². The van der Waals surface area contributed by atoms with Crippen LogP contribution in [0.15, 0.2) is 24.3 Å². The van der Waals surface area contributed by atoms with Crippen molar-refractivity contribution in [3.63, 3.8) is 0 Å². The van der Waals surface area contributed by atoms with E-state index < -0.39 is 0 Å². The Hall–Kier alpha value is -1.33. The van der Waals surface area contributed by atoms with Gasteiger partial charge in [0, 0.05) is 5.54 Å². The van der Waals surface area contributed by atoms with Gasteiger partial charge in [-0.15, -0.1) is 0 Å². The largest absolute Gasteiger partial charge is 0.312 e. The average molecular weight is 242 g/mol. The minimum absolute atomic E-state index is 0.0391. The second-order valence-corrected chi connectivity index (χ2v) is 5.98. The summed E-state index contributed by atoms with van der Waals surface area (Å²) in [4.78, 5) is 0. The second kappa shape index (κ2) is 4.74. The van der Waals surface area contributed by atoms with E-state index in [-0.39, 0.29) is 11.0 Å². The van der Waals surface area contributed by atoms with E-state index in [1.54, 1.807) is 0 Å². The Kier molecular flexibility index (Phi) is 3.45. The van der Waals surface area contributed by atoms with E-state index >= 15 is 0 Å². The number of benzene rings is 1. The van der Waals surface area contributed by atoms with Crippen LogP contribution in [0.25, 0.3) is 0 Å². The van der Waals surface area contributed by atoms with Crippen LogP contribution in [0.5, 0.6) is 0 Å². The first kappa shape index (κ1) is 13.1. The predicted molar refractivity (Wildman–Crippen MR) is 74.4 cm³/mol. The Balaban J connectivity index is 2.34. The molecule has 18 heavy (non-hydrogen) atoms. The molecule has 1 aliphatic rings. The summed E-state index contributed by atoms with van der Waals surface area (Å²) in [5.41, 5.74) is 2.23. The molecule has 1 fully saturated rings. The lowest BCUT2D eigenvalue weighted by molar-refractivity contribution is 0.233. The van der Waals surface area contributed by atoms with Gasteiger partial charge in [-0.25, -0.2) is 0 Å². The van der Waals surface area contributed by atoms with Crippen molar-refractivity contribution in [3.8, 4) is 6.07 Å². The quantitative estimate of drug-likeness (QED) is 0.864. The maximum absolute atomic E-state index is 9.68. The van der Waals surface area contributed by atoms with E-state index in [2.05, 4.69) is 56.4 Å². The number of rotatable bonds is 2. The van der Waals surface area contributed by atoms with Crippen LogP contribution in [0.1, 0.15) is 44.7 Å². The molecule has 2 nitrogen and oxygen atoms in total. The molecule has 1 N–H and O–H groups in total. The molecule has 2 heteroatoms. The van der Waals surface area contributed by atoms with Gasteiger partial charge in [-0.2, -0.15) is 5.26 Å². The third-order valence-corrected chi connectivity index (χ3v) is 4.03. The molecule has 1 aliphatic heterocycles. The average Bonchev–Trinajstić information content (AvgIpc) is 2.37. The zero-order valence-corrected chi connectivity index (χ0v) is 11.6. The first-order valence-corrected chi connectivity index (χ1v) is 6.77. The Morgan fingerprint density at radius 1 is 1.28 bits per heavy atom. The van der Waals surface area contributed by atoms with Crippen LogP contribution < -0.4 is 5.32 Å². The van der Waals surface area contributed by atoms with Crippen molar-refractivity contribution in [2.24, 2.45) is 0 Å². The number of nitrogens with zero attached hydrogens (tertiary/aromatic N) is 1. The number of hydrogen-bond donors (Lipinski definition) is 1. The van der Waals surface area contributed by atoms with Crippen molar-refractivity contribution < 1.29 is 0 Å². The molecular weight excluding hydrogens is 220 g/mol. The van der Waals surface area contributed by atoms with E-state index in [1.807, 2.05) is 0 Å². The van der Waals surface area contributed by atoms with Gasteiger partial charge >= 0.3 is 0 Å². The van der Waals surface area contributed by atoms with E-state index in [0.29, 0.717) is 0 Å². The summed E-state index contributed by atoms with van der Waals surface area (Å²) >= 11 is 0. The highest BCUT2D eigenvalue weighted by molar-refractivity contribution is 5.36. The number of piperidine rings is 1. The lowest BCUT2D eigenvalue weighted by atomic mass is 9.68. The molecule has 1 unspecified atom stereocenters. The SMILES string of the molecule is CCc1ccc(C2(C#N)CCNC(C)(C)C2)cc1. The van der Waals surface area contributed by atoms with Gasteiger partial charge in [0.15, 0.2) is 0 Å². The molecule has 1 heterocycles. The van der Waals surface area contributed by atoms with Crippen LogP contribution >= 0.6 is 0 Å². The molecular formula is C16H22N2.